The summed E-state index contributed by atoms with van der Waals surface area (Å²) in [6.07, 6.45) is 0.817. The van der Waals surface area contributed by atoms with Crippen LogP contribution < -0.4 is 5.32 Å². The van der Waals surface area contributed by atoms with Gasteiger partial charge in [0, 0.05) is 50.2 Å². The van der Waals surface area contributed by atoms with Crippen LogP contribution in [0.5, 0.6) is 0 Å². The summed E-state index contributed by atoms with van der Waals surface area (Å²) in [5.41, 5.74) is 1.82. The molecule has 1 fully saturated rings. The maximum atomic E-state index is 12.9. The topological polar surface area (TPSA) is 52.7 Å². The van der Waals surface area contributed by atoms with Crippen molar-refractivity contribution in [3.05, 3.63) is 58.3 Å². The fraction of sp³-hybridized carbons (Fsp3) is 0.429. The Balaban J connectivity index is 1.43. The highest BCUT2D eigenvalue weighted by Crippen LogP contribution is 2.22. The van der Waals surface area contributed by atoms with Crippen LogP contribution in [0, 0.1) is 0 Å². The van der Waals surface area contributed by atoms with Gasteiger partial charge in [-0.2, -0.15) is 11.3 Å². The summed E-state index contributed by atoms with van der Waals surface area (Å²) < 4.78 is 0. The van der Waals surface area contributed by atoms with Crippen LogP contribution in [-0.2, 0) is 4.79 Å². The molecular formula is C21H27N3O2S. The third-order valence-electron chi connectivity index (χ3n) is 5.09. The molecule has 0 saturated carbocycles. The van der Waals surface area contributed by atoms with Gasteiger partial charge in [0.15, 0.2) is 0 Å². The van der Waals surface area contributed by atoms with Gasteiger partial charge in [0.25, 0.3) is 5.91 Å². The molecule has 0 radical (unpaired) electrons. The first-order valence-corrected chi connectivity index (χ1v) is 10.5. The van der Waals surface area contributed by atoms with Crippen molar-refractivity contribution in [3.63, 3.8) is 0 Å². The van der Waals surface area contributed by atoms with Gasteiger partial charge in [-0.15, -0.1) is 0 Å². The average Bonchev–Trinajstić information content (AvgIpc) is 3.25. The number of carbonyl (C=O) groups is 2. The van der Waals surface area contributed by atoms with Crippen LogP contribution in [-0.4, -0.2) is 60.9 Å². The second-order valence-corrected chi connectivity index (χ2v) is 7.59. The zero-order valence-electron chi connectivity index (χ0n) is 15.8. The van der Waals surface area contributed by atoms with Gasteiger partial charge in [0.05, 0.1) is 5.92 Å². The molecule has 27 heavy (non-hydrogen) atoms. The Bertz CT molecular complexity index is 725. The number of hydrogen-bond acceptors (Lipinski definition) is 4. The van der Waals surface area contributed by atoms with E-state index in [1.54, 1.807) is 0 Å². The number of amides is 2. The van der Waals surface area contributed by atoms with Gasteiger partial charge in [-0.3, -0.25) is 14.5 Å². The Labute approximate surface area is 165 Å². The summed E-state index contributed by atoms with van der Waals surface area (Å²) >= 11 is 1.53. The molecule has 1 saturated heterocycles. The van der Waals surface area contributed by atoms with Crippen molar-refractivity contribution >= 4 is 23.2 Å². The summed E-state index contributed by atoms with van der Waals surface area (Å²) in [6.45, 7) is 6.72. The van der Waals surface area contributed by atoms with Crippen molar-refractivity contribution in [2.45, 2.75) is 19.3 Å². The van der Waals surface area contributed by atoms with Crippen LogP contribution in [0.2, 0.25) is 0 Å². The first-order chi connectivity index (χ1) is 13.2. The second-order valence-electron chi connectivity index (χ2n) is 6.81. The Hall–Kier alpha value is -2.18. The Kier molecular flexibility index (Phi) is 7.01. The van der Waals surface area contributed by atoms with E-state index < -0.39 is 0 Å². The third-order valence-corrected chi connectivity index (χ3v) is 5.77. The molecule has 1 atom stereocenters. The molecule has 1 aliphatic rings. The quantitative estimate of drug-likeness (QED) is 0.797. The van der Waals surface area contributed by atoms with E-state index in [1.807, 2.05) is 52.1 Å². The summed E-state index contributed by atoms with van der Waals surface area (Å²) in [5.74, 6) is 0.162. The number of thiophene rings is 1. The Morgan fingerprint density at radius 2 is 1.85 bits per heavy atom. The van der Waals surface area contributed by atoms with Crippen LogP contribution in [0.4, 0.5) is 0 Å². The van der Waals surface area contributed by atoms with Gasteiger partial charge in [-0.05, 0) is 23.4 Å². The maximum absolute atomic E-state index is 12.9. The highest BCUT2D eigenvalue weighted by Gasteiger charge is 2.27. The summed E-state index contributed by atoms with van der Waals surface area (Å²) in [6, 6.07) is 11.9. The van der Waals surface area contributed by atoms with Gasteiger partial charge >= 0.3 is 0 Å². The molecule has 0 bridgehead atoms. The monoisotopic (exact) mass is 385 g/mol. The van der Waals surface area contributed by atoms with E-state index in [2.05, 4.69) is 17.1 Å². The van der Waals surface area contributed by atoms with E-state index in [4.69, 9.17) is 0 Å². The molecule has 2 amide bonds. The van der Waals surface area contributed by atoms with E-state index in [0.717, 1.165) is 50.3 Å². The van der Waals surface area contributed by atoms with Gasteiger partial charge in [-0.1, -0.05) is 37.3 Å². The molecular weight excluding hydrogens is 358 g/mol. The van der Waals surface area contributed by atoms with E-state index in [0.29, 0.717) is 6.54 Å². The normalized spacial score (nSPS) is 16.1. The highest BCUT2D eigenvalue weighted by atomic mass is 32.1. The predicted octanol–water partition coefficient (Wildman–Crippen LogP) is 2.82. The highest BCUT2D eigenvalue weighted by molar-refractivity contribution is 7.08. The third kappa shape index (κ3) is 5.17. The first-order valence-electron chi connectivity index (χ1n) is 9.55. The van der Waals surface area contributed by atoms with Crippen LogP contribution in [0.25, 0.3) is 0 Å². The lowest BCUT2D eigenvalue weighted by Crippen LogP contribution is -2.51. The van der Waals surface area contributed by atoms with E-state index in [1.165, 1.54) is 11.3 Å². The number of piperazine rings is 1. The zero-order chi connectivity index (χ0) is 19.1. The Morgan fingerprint density at radius 3 is 2.48 bits per heavy atom. The molecule has 2 heterocycles. The second kappa shape index (κ2) is 9.67. The number of carbonyl (C=O) groups excluding carboxylic acids is 2. The lowest BCUT2D eigenvalue weighted by molar-refractivity contribution is -0.134. The minimum absolute atomic E-state index is 0.0151. The zero-order valence-corrected chi connectivity index (χ0v) is 16.6. The summed E-state index contributed by atoms with van der Waals surface area (Å²) in [7, 11) is 0. The summed E-state index contributed by atoms with van der Waals surface area (Å²) in [4.78, 5) is 29.2. The van der Waals surface area contributed by atoms with Crippen LogP contribution in [0.15, 0.2) is 47.2 Å². The number of nitrogens with one attached hydrogen (secondary N) is 1. The van der Waals surface area contributed by atoms with Gasteiger partial charge < -0.3 is 10.2 Å². The number of rotatable bonds is 7. The number of nitrogens with zero attached hydrogens (tertiary/aromatic N) is 2. The van der Waals surface area contributed by atoms with E-state index in [9.17, 15) is 9.59 Å². The molecule has 3 rings (SSSR count). The van der Waals surface area contributed by atoms with Crippen molar-refractivity contribution in [1.82, 2.24) is 15.1 Å². The molecule has 0 spiro atoms. The molecule has 1 aromatic heterocycles. The predicted molar refractivity (Wildman–Crippen MR) is 109 cm³/mol. The largest absolute Gasteiger partial charge is 0.351 e. The van der Waals surface area contributed by atoms with Crippen molar-refractivity contribution in [2.75, 3.05) is 39.3 Å². The molecule has 0 aliphatic carbocycles. The number of hydrogen-bond donors (Lipinski definition) is 1. The van der Waals surface area contributed by atoms with Crippen molar-refractivity contribution in [3.8, 4) is 0 Å². The molecule has 2 aromatic rings. The molecule has 1 N–H and O–H groups in total. The lowest BCUT2D eigenvalue weighted by atomic mass is 9.95. The lowest BCUT2D eigenvalue weighted by Gasteiger charge is -2.36. The molecule has 1 aliphatic heterocycles. The van der Waals surface area contributed by atoms with Crippen LogP contribution >= 0.6 is 11.3 Å². The minimum atomic E-state index is -0.0531. The molecule has 1 aromatic carbocycles. The van der Waals surface area contributed by atoms with Crippen LogP contribution in [0.1, 0.15) is 35.2 Å². The standard InChI is InChI=1S/C21H27N3O2S/c1-2-19(17-6-4-3-5-7-17)21(26)24-13-11-23(12-14-24)10-9-22-20(25)18-8-15-27-16-18/h3-8,15-16,19H,2,9-14H2,1H3,(H,22,25)/t19-/m1/s1. The van der Waals surface area contributed by atoms with Gasteiger partial charge in [0.2, 0.25) is 5.91 Å². The van der Waals surface area contributed by atoms with Gasteiger partial charge in [-0.25, -0.2) is 0 Å². The fourth-order valence-corrected chi connectivity index (χ4v) is 4.11. The molecule has 6 heteroatoms. The smallest absolute Gasteiger partial charge is 0.252 e. The van der Waals surface area contributed by atoms with Crippen LogP contribution in [0.3, 0.4) is 0 Å². The Morgan fingerprint density at radius 1 is 1.11 bits per heavy atom. The van der Waals surface area contributed by atoms with Crippen molar-refractivity contribution < 1.29 is 9.59 Å². The fourth-order valence-electron chi connectivity index (χ4n) is 3.47. The minimum Gasteiger partial charge on any atom is -0.351 e. The van der Waals surface area contributed by atoms with Crippen molar-refractivity contribution in [1.29, 1.82) is 0 Å². The van der Waals surface area contributed by atoms with Gasteiger partial charge in [0.1, 0.15) is 0 Å². The SMILES string of the molecule is CC[C@@H](C(=O)N1CCN(CCNC(=O)c2ccsc2)CC1)c1ccccc1. The summed E-state index contributed by atoms with van der Waals surface area (Å²) in [5, 5.41) is 6.73. The maximum Gasteiger partial charge on any atom is 0.252 e. The first kappa shape index (κ1) is 19.6. The average molecular weight is 386 g/mol. The van der Waals surface area contributed by atoms with E-state index in [-0.39, 0.29) is 17.7 Å². The molecule has 144 valence electrons. The molecule has 5 nitrogen and oxygen atoms in total. The van der Waals surface area contributed by atoms with Crippen molar-refractivity contribution in [2.24, 2.45) is 0 Å². The number of benzene rings is 1. The molecule has 0 unspecified atom stereocenters. The van der Waals surface area contributed by atoms with E-state index >= 15 is 0 Å².